The average Bonchev–Trinajstić information content (AvgIpc) is 3.86. The third-order valence-corrected chi connectivity index (χ3v) is 20.7. The van der Waals surface area contributed by atoms with Gasteiger partial charge in [-0.05, 0) is 72.1 Å². The number of aryl methyl sites for hydroxylation is 1. The molecule has 4 bridgehead atoms. The van der Waals surface area contributed by atoms with Crippen LogP contribution in [-0.2, 0) is 42.4 Å². The summed E-state index contributed by atoms with van der Waals surface area (Å²) in [6.07, 6.45) is -3.64. The second kappa shape index (κ2) is 18.1. The number of H-pyrrole nitrogens is 1. The molecule has 374 valence electrons. The van der Waals surface area contributed by atoms with Crippen molar-refractivity contribution in [2.45, 2.75) is 113 Å². The number of aliphatic hydroxyl groups is 1. The summed E-state index contributed by atoms with van der Waals surface area (Å²) in [5, 5.41) is 12.9. The van der Waals surface area contributed by atoms with Gasteiger partial charge in [-0.1, -0.05) is 82.3 Å². The molecule has 2 unspecified atom stereocenters. The summed E-state index contributed by atoms with van der Waals surface area (Å²) in [7, 11) is -4.02. The van der Waals surface area contributed by atoms with Crippen LogP contribution in [-0.4, -0.2) is 95.6 Å². The Morgan fingerprint density at radius 2 is 1.53 bits per heavy atom. The standard InChI is InChI=1S/C49H60N5O14PSi/c1-29-26-54(45(57)52-41(29)55)39-25-36(68-70(8,9)46(3,4)5)37(64-39)27-63-69(59)66-40-30(2)48(58)42(67-69)47(40,65-43(48)53-24-23-38(50)51-44(53)56)28-62-49(31-13-11-10-12-14-31,32-15-19-34(60-6)20-16-32)33-17-21-35(61-7)22-18-33/h10-24,26,30,36-37,39-40,42-43,58H,25,27-28H2,1-9H3,(H2,50,51,56)(H,52,55,57)/t30?,36-,37+,39+,40+,42+,43+,47-,48+,69?/m0/s1. The Morgan fingerprint density at radius 1 is 0.914 bits per heavy atom. The molecule has 9 rings (SSSR count). The lowest BCUT2D eigenvalue weighted by Crippen LogP contribution is -2.57. The molecule has 21 heteroatoms. The highest BCUT2D eigenvalue weighted by Crippen LogP contribution is 2.72. The Kier molecular flexibility index (Phi) is 12.9. The summed E-state index contributed by atoms with van der Waals surface area (Å²) in [5.41, 5.74) is 1.08. The summed E-state index contributed by atoms with van der Waals surface area (Å²) in [4.78, 5) is 45.3. The van der Waals surface area contributed by atoms with Crippen molar-refractivity contribution in [1.29, 1.82) is 0 Å². The minimum atomic E-state index is -4.68. The summed E-state index contributed by atoms with van der Waals surface area (Å²) < 4.78 is 75.4. The van der Waals surface area contributed by atoms with Crippen LogP contribution in [0.5, 0.6) is 11.5 Å². The molecule has 5 heterocycles. The van der Waals surface area contributed by atoms with Crippen molar-refractivity contribution < 1.29 is 51.4 Å². The van der Waals surface area contributed by atoms with E-state index in [-0.39, 0.29) is 23.9 Å². The largest absolute Gasteiger partial charge is 0.497 e. The molecule has 3 aliphatic heterocycles. The number of aromatic nitrogens is 4. The van der Waals surface area contributed by atoms with E-state index in [9.17, 15) is 19.5 Å². The molecule has 3 saturated heterocycles. The van der Waals surface area contributed by atoms with E-state index in [2.05, 4.69) is 43.8 Å². The van der Waals surface area contributed by atoms with Gasteiger partial charge in [-0.2, -0.15) is 4.98 Å². The first-order valence-electron chi connectivity index (χ1n) is 23.1. The van der Waals surface area contributed by atoms with E-state index < -0.39 is 99.3 Å². The van der Waals surface area contributed by atoms with E-state index in [1.165, 1.54) is 23.0 Å². The minimum Gasteiger partial charge on any atom is -0.497 e. The van der Waals surface area contributed by atoms with Gasteiger partial charge < -0.3 is 39.0 Å². The monoisotopic (exact) mass is 1000 g/mol. The Hall–Kier alpha value is -5.25. The molecule has 5 aromatic rings. The summed E-state index contributed by atoms with van der Waals surface area (Å²) in [5.74, 6) is 0.247. The summed E-state index contributed by atoms with van der Waals surface area (Å²) in [6, 6.07) is 25.8. The van der Waals surface area contributed by atoms with Gasteiger partial charge >= 0.3 is 19.2 Å². The summed E-state index contributed by atoms with van der Waals surface area (Å²) >= 11 is 0. The van der Waals surface area contributed by atoms with Crippen LogP contribution >= 0.6 is 7.82 Å². The molecule has 70 heavy (non-hydrogen) atoms. The number of benzene rings is 3. The van der Waals surface area contributed by atoms with Crippen molar-refractivity contribution in [2.24, 2.45) is 5.92 Å². The number of nitrogens with two attached hydrogens (primary N) is 1. The SMILES string of the molecule is COc1ccc(C(OC[C@]23O[C@@H](n4ccc(N)nc4=O)[C@@]4(O)C(C)[C@H]2OP(=O)(OC[C@H]2O[C@@H](n5cc(C)c(=O)[nH]c5=O)C[C@@H]2O[Si](C)(C)C(C)(C)C)O[C@H]34)(c2ccccc2)c2ccc(OC)cc2)cc1. The van der Waals surface area contributed by atoms with Crippen LogP contribution in [0.3, 0.4) is 0 Å². The van der Waals surface area contributed by atoms with Crippen LogP contribution in [0.2, 0.25) is 18.1 Å². The van der Waals surface area contributed by atoms with Gasteiger partial charge in [-0.25, -0.2) is 14.2 Å². The van der Waals surface area contributed by atoms with E-state index in [1.807, 2.05) is 78.9 Å². The third kappa shape index (κ3) is 8.30. The Bertz CT molecular complexity index is 2920. The zero-order valence-corrected chi connectivity index (χ0v) is 42.4. The van der Waals surface area contributed by atoms with E-state index in [0.29, 0.717) is 28.2 Å². The fraction of sp³-hybridized carbons (Fsp3) is 0.469. The number of anilines is 1. The number of nitrogens with one attached hydrogen (secondary N) is 1. The number of methoxy groups -OCH3 is 2. The highest BCUT2D eigenvalue weighted by Gasteiger charge is 2.83. The number of nitrogens with zero attached hydrogens (tertiary/aromatic N) is 3. The van der Waals surface area contributed by atoms with Gasteiger partial charge in [0.25, 0.3) is 5.56 Å². The second-order valence-corrected chi connectivity index (χ2v) is 26.3. The van der Waals surface area contributed by atoms with Crippen molar-refractivity contribution in [3.63, 3.8) is 0 Å². The highest BCUT2D eigenvalue weighted by molar-refractivity contribution is 7.48. The van der Waals surface area contributed by atoms with E-state index in [0.717, 1.165) is 10.1 Å². The molecule has 3 aromatic carbocycles. The number of rotatable bonds is 15. The van der Waals surface area contributed by atoms with Gasteiger partial charge in [-0.15, -0.1) is 0 Å². The fourth-order valence-electron chi connectivity index (χ4n) is 9.97. The average molecular weight is 1000 g/mol. The number of phosphoric ester groups is 1. The molecule has 4 N–H and O–H groups in total. The maximum atomic E-state index is 15.2. The lowest BCUT2D eigenvalue weighted by Gasteiger charge is -2.46. The predicted octanol–water partition coefficient (Wildman–Crippen LogP) is 5.95. The molecule has 4 aliphatic rings. The molecule has 2 aromatic heterocycles. The van der Waals surface area contributed by atoms with Crippen molar-refractivity contribution in [2.75, 3.05) is 33.2 Å². The molecular formula is C49H60N5O14PSi. The number of nitrogen functional groups attached to an aromatic ring is 1. The van der Waals surface area contributed by atoms with E-state index in [4.69, 9.17) is 47.4 Å². The smallest absolute Gasteiger partial charge is 0.475 e. The van der Waals surface area contributed by atoms with Gasteiger partial charge in [0, 0.05) is 30.3 Å². The topological polar surface area (TPSA) is 236 Å². The lowest BCUT2D eigenvalue weighted by atomic mass is 9.79. The van der Waals surface area contributed by atoms with Crippen LogP contribution in [0.4, 0.5) is 5.82 Å². The maximum absolute atomic E-state index is 15.2. The van der Waals surface area contributed by atoms with E-state index >= 15 is 4.57 Å². The predicted molar refractivity (Wildman–Crippen MR) is 258 cm³/mol. The molecule has 0 spiro atoms. The number of ether oxygens (including phenoxy) is 5. The fourth-order valence-corrected chi connectivity index (χ4v) is 13.1. The molecule has 10 atom stereocenters. The van der Waals surface area contributed by atoms with Gasteiger partial charge in [0.2, 0.25) is 0 Å². The Morgan fingerprint density at radius 3 is 2.11 bits per heavy atom. The molecule has 1 saturated carbocycles. The van der Waals surface area contributed by atoms with Crippen LogP contribution in [0.1, 0.15) is 68.8 Å². The zero-order chi connectivity index (χ0) is 50.2. The molecule has 0 radical (unpaired) electrons. The lowest BCUT2D eigenvalue weighted by molar-refractivity contribution is -0.245. The van der Waals surface area contributed by atoms with Crippen molar-refractivity contribution in [1.82, 2.24) is 19.1 Å². The quantitative estimate of drug-likeness (QED) is 0.0625. The van der Waals surface area contributed by atoms with E-state index in [1.54, 1.807) is 28.1 Å². The van der Waals surface area contributed by atoms with Gasteiger partial charge in [-0.3, -0.25) is 32.5 Å². The normalized spacial score (nSPS) is 29.6. The number of aromatic amines is 1. The molecular weight excluding hydrogens is 942 g/mol. The minimum absolute atomic E-state index is 0.0434. The molecule has 0 amide bonds. The van der Waals surface area contributed by atoms with Crippen molar-refractivity contribution in [3.8, 4) is 11.5 Å². The first kappa shape index (κ1) is 49.7. The number of phosphoric acid groups is 1. The van der Waals surface area contributed by atoms with Gasteiger partial charge in [0.15, 0.2) is 20.1 Å². The first-order valence-corrected chi connectivity index (χ1v) is 27.5. The highest BCUT2D eigenvalue weighted by atomic mass is 31.2. The maximum Gasteiger partial charge on any atom is 0.475 e. The van der Waals surface area contributed by atoms with Crippen LogP contribution in [0, 0.1) is 12.8 Å². The van der Waals surface area contributed by atoms with Crippen LogP contribution in [0.15, 0.2) is 112 Å². The third-order valence-electron chi connectivity index (χ3n) is 14.8. The number of hydrogen-bond acceptors (Lipinski definition) is 16. The Labute approximate surface area is 405 Å². The van der Waals surface area contributed by atoms with Crippen molar-refractivity contribution >= 4 is 22.0 Å². The second-order valence-electron chi connectivity index (χ2n) is 20.0. The number of hydrogen-bond donors (Lipinski definition) is 3. The van der Waals surface area contributed by atoms with Gasteiger partial charge in [0.1, 0.15) is 53.1 Å². The van der Waals surface area contributed by atoms with Crippen LogP contribution < -0.4 is 32.1 Å². The Balaban J connectivity index is 1.10. The molecule has 19 nitrogen and oxygen atoms in total. The summed E-state index contributed by atoms with van der Waals surface area (Å²) in [6.45, 7) is 13.0. The van der Waals surface area contributed by atoms with Crippen molar-refractivity contribution in [3.05, 3.63) is 151 Å². The van der Waals surface area contributed by atoms with Crippen LogP contribution in [0.25, 0.3) is 0 Å². The van der Waals surface area contributed by atoms with Gasteiger partial charge in [0.05, 0.1) is 33.5 Å². The zero-order valence-electron chi connectivity index (χ0n) is 40.5. The molecule has 4 fully saturated rings. The first-order chi connectivity index (χ1) is 33.1. The molecule has 1 aliphatic carbocycles.